The molecule has 1 heterocycles. The Morgan fingerprint density at radius 3 is 2.00 bits per heavy atom. The smallest absolute Gasteiger partial charge is 0.398 e. The van der Waals surface area contributed by atoms with Crippen molar-refractivity contribution < 1.29 is 13.7 Å². The lowest BCUT2D eigenvalue weighted by Gasteiger charge is -2.35. The molecule has 0 atom stereocenters. The van der Waals surface area contributed by atoms with Crippen molar-refractivity contribution in [3.8, 4) is 0 Å². The monoisotopic (exact) mass is 296 g/mol. The van der Waals surface area contributed by atoms with Crippen molar-refractivity contribution >= 4 is 7.12 Å². The first-order valence-electron chi connectivity index (χ1n) is 8.29. The Bertz CT molecular complexity index is 393. The van der Waals surface area contributed by atoms with Gasteiger partial charge in [0, 0.05) is 0 Å². The van der Waals surface area contributed by atoms with Gasteiger partial charge in [0.2, 0.25) is 0 Å². The molecule has 0 aromatic heterocycles. The minimum atomic E-state index is -0.863. The van der Waals surface area contributed by atoms with Crippen LogP contribution in [0, 0.1) is 11.3 Å². The van der Waals surface area contributed by atoms with Crippen LogP contribution in [0.5, 0.6) is 0 Å². The van der Waals surface area contributed by atoms with Gasteiger partial charge < -0.3 is 9.31 Å². The minimum absolute atomic E-state index is 0.145. The average molecular weight is 296 g/mol. The van der Waals surface area contributed by atoms with Crippen molar-refractivity contribution in [1.82, 2.24) is 0 Å². The molecule has 2 aliphatic rings. The van der Waals surface area contributed by atoms with Crippen molar-refractivity contribution in [1.29, 1.82) is 0 Å². The van der Waals surface area contributed by atoms with E-state index in [1.807, 2.05) is 27.7 Å². The Morgan fingerprint density at radius 2 is 1.52 bits per heavy atom. The van der Waals surface area contributed by atoms with Crippen LogP contribution < -0.4 is 0 Å². The lowest BCUT2D eigenvalue weighted by atomic mass is 9.69. The summed E-state index contributed by atoms with van der Waals surface area (Å²) in [6, 6.07) is 0. The Hall–Kier alpha value is -0.345. The zero-order valence-electron chi connectivity index (χ0n) is 14.5. The third-order valence-corrected chi connectivity index (χ3v) is 5.65. The van der Waals surface area contributed by atoms with E-state index in [9.17, 15) is 4.39 Å². The van der Waals surface area contributed by atoms with E-state index < -0.39 is 18.3 Å². The molecule has 0 aromatic rings. The fourth-order valence-electron chi connectivity index (χ4n) is 3.34. The van der Waals surface area contributed by atoms with E-state index in [0.717, 1.165) is 0 Å². The highest BCUT2D eigenvalue weighted by Crippen LogP contribution is 2.43. The Kier molecular flexibility index (Phi) is 4.61. The van der Waals surface area contributed by atoms with Gasteiger partial charge in [-0.2, -0.15) is 0 Å². The molecule has 2 nitrogen and oxygen atoms in total. The van der Waals surface area contributed by atoms with Crippen LogP contribution in [0.15, 0.2) is 11.8 Å². The van der Waals surface area contributed by atoms with Crippen LogP contribution in [0.3, 0.4) is 0 Å². The van der Waals surface area contributed by atoms with Gasteiger partial charge in [-0.25, -0.2) is 4.39 Å². The van der Waals surface area contributed by atoms with E-state index in [0.29, 0.717) is 5.92 Å². The zero-order chi connectivity index (χ0) is 15.9. The van der Waals surface area contributed by atoms with Crippen molar-refractivity contribution in [3.05, 3.63) is 11.8 Å². The summed E-state index contributed by atoms with van der Waals surface area (Å²) in [4.78, 5) is 0. The summed E-state index contributed by atoms with van der Waals surface area (Å²) >= 11 is 0. The van der Waals surface area contributed by atoms with Gasteiger partial charge in [-0.05, 0) is 51.9 Å². The fourth-order valence-corrected chi connectivity index (χ4v) is 3.34. The summed E-state index contributed by atoms with van der Waals surface area (Å²) in [7, 11) is -0.863. The first kappa shape index (κ1) is 17.0. The maximum absolute atomic E-state index is 14.7. The fraction of sp³-hybridized carbons (Fsp3) is 0.882. The van der Waals surface area contributed by atoms with Crippen LogP contribution in [0.1, 0.15) is 73.6 Å². The van der Waals surface area contributed by atoms with E-state index in [2.05, 4.69) is 13.8 Å². The lowest BCUT2D eigenvalue weighted by Crippen LogP contribution is -2.41. The molecular weight excluding hydrogens is 266 g/mol. The van der Waals surface area contributed by atoms with Gasteiger partial charge in [0.25, 0.3) is 0 Å². The van der Waals surface area contributed by atoms with Crippen LogP contribution in [0.4, 0.5) is 4.39 Å². The van der Waals surface area contributed by atoms with Crippen molar-refractivity contribution in [3.63, 3.8) is 0 Å². The van der Waals surface area contributed by atoms with Crippen molar-refractivity contribution in [2.24, 2.45) is 11.3 Å². The highest BCUT2D eigenvalue weighted by molar-refractivity contribution is 6.53. The second-order valence-electron chi connectivity index (χ2n) is 8.27. The third-order valence-electron chi connectivity index (χ3n) is 5.65. The van der Waals surface area contributed by atoms with Gasteiger partial charge in [-0.1, -0.05) is 39.2 Å². The maximum atomic E-state index is 14.7. The normalized spacial score (nSPS) is 27.2. The molecule has 0 unspecified atom stereocenters. The standard InChI is InChI=1S/C17H30BFO2/c1-15(2,13-10-8-7-9-11-13)12-14(19)18-20-16(3,4)17(5,6)21-18/h12-13H,7-11H2,1-6H3. The predicted octanol–water partition coefficient (Wildman–Crippen LogP) is 5.08. The van der Waals surface area contributed by atoms with Crippen molar-refractivity contribution in [2.45, 2.75) is 84.8 Å². The molecule has 0 bridgehead atoms. The maximum Gasteiger partial charge on any atom is 0.524 e. The van der Waals surface area contributed by atoms with Crippen LogP contribution >= 0.6 is 0 Å². The van der Waals surface area contributed by atoms with Crippen LogP contribution in [0.25, 0.3) is 0 Å². The molecule has 2 rings (SSSR count). The molecule has 0 N–H and O–H groups in total. The minimum Gasteiger partial charge on any atom is -0.398 e. The SMILES string of the molecule is CC(C)(C=C(F)B1OC(C)(C)C(C)(C)O1)C1CCCCC1. The number of hydrogen-bond acceptors (Lipinski definition) is 2. The van der Waals surface area contributed by atoms with Crippen LogP contribution in [-0.2, 0) is 9.31 Å². The van der Waals surface area contributed by atoms with Gasteiger partial charge in [-0.3, -0.25) is 0 Å². The summed E-state index contributed by atoms with van der Waals surface area (Å²) in [5.74, 6) is 0.555. The first-order valence-corrected chi connectivity index (χ1v) is 8.29. The molecule has 1 aliphatic carbocycles. The highest BCUT2D eigenvalue weighted by Gasteiger charge is 2.53. The molecule has 1 aliphatic heterocycles. The van der Waals surface area contributed by atoms with Crippen molar-refractivity contribution in [2.75, 3.05) is 0 Å². The average Bonchev–Trinajstić information content (AvgIpc) is 2.59. The third kappa shape index (κ3) is 3.53. The van der Waals surface area contributed by atoms with Gasteiger partial charge in [0.1, 0.15) is 5.73 Å². The molecule has 1 saturated carbocycles. The molecule has 2 fully saturated rings. The predicted molar refractivity (Wildman–Crippen MR) is 85.6 cm³/mol. The zero-order valence-corrected chi connectivity index (χ0v) is 14.5. The first-order chi connectivity index (χ1) is 9.55. The molecular formula is C17H30BFO2. The van der Waals surface area contributed by atoms with E-state index in [-0.39, 0.29) is 11.1 Å². The molecule has 0 aromatic carbocycles. The quantitative estimate of drug-likeness (QED) is 0.676. The molecule has 1 saturated heterocycles. The lowest BCUT2D eigenvalue weighted by molar-refractivity contribution is 0.00578. The summed E-state index contributed by atoms with van der Waals surface area (Å²) in [6.45, 7) is 12.1. The van der Waals surface area contributed by atoms with E-state index in [4.69, 9.17) is 9.31 Å². The second kappa shape index (κ2) is 5.70. The Labute approximate surface area is 129 Å². The second-order valence-corrected chi connectivity index (χ2v) is 8.27. The van der Waals surface area contributed by atoms with Gasteiger partial charge >= 0.3 is 7.12 Å². The topological polar surface area (TPSA) is 18.5 Å². The number of hydrogen-bond donors (Lipinski definition) is 0. The number of rotatable bonds is 3. The summed E-state index contributed by atoms with van der Waals surface area (Å²) < 4.78 is 26.2. The van der Waals surface area contributed by atoms with Gasteiger partial charge in [0.15, 0.2) is 0 Å². The van der Waals surface area contributed by atoms with Gasteiger partial charge in [-0.15, -0.1) is 0 Å². The number of halogens is 1. The number of allylic oxidation sites excluding steroid dienone is 1. The molecule has 0 amide bonds. The molecule has 4 heteroatoms. The molecule has 0 radical (unpaired) electrons. The summed E-state index contributed by atoms with van der Waals surface area (Å²) in [5.41, 5.74) is -1.40. The van der Waals surface area contributed by atoms with E-state index in [1.54, 1.807) is 6.08 Å². The largest absolute Gasteiger partial charge is 0.524 e. The van der Waals surface area contributed by atoms with E-state index >= 15 is 0 Å². The Morgan fingerprint density at radius 1 is 1.05 bits per heavy atom. The highest BCUT2D eigenvalue weighted by atomic mass is 19.1. The molecule has 120 valence electrons. The Balaban J connectivity index is 2.10. The summed E-state index contributed by atoms with van der Waals surface area (Å²) in [6.07, 6.45) is 7.97. The molecule has 0 spiro atoms. The van der Waals surface area contributed by atoms with Crippen LogP contribution in [0.2, 0.25) is 0 Å². The van der Waals surface area contributed by atoms with Crippen LogP contribution in [-0.4, -0.2) is 18.3 Å². The van der Waals surface area contributed by atoms with Gasteiger partial charge in [0.05, 0.1) is 11.2 Å². The summed E-state index contributed by atoms with van der Waals surface area (Å²) in [5, 5.41) is 0. The molecule has 21 heavy (non-hydrogen) atoms. The van der Waals surface area contributed by atoms with E-state index in [1.165, 1.54) is 32.1 Å².